The molecule has 0 radical (unpaired) electrons. The number of para-hydroxylation sites is 1. The van der Waals surface area contributed by atoms with Gasteiger partial charge in [0.2, 0.25) is 0 Å². The van der Waals surface area contributed by atoms with Gasteiger partial charge in [0.1, 0.15) is 18.4 Å². The maximum absolute atomic E-state index is 14.1. The zero-order chi connectivity index (χ0) is 31.5. The monoisotopic (exact) mass is 670 g/mol. The summed E-state index contributed by atoms with van der Waals surface area (Å²) in [4.78, 5) is 32.4. The minimum absolute atomic E-state index is 0.129. The highest BCUT2D eigenvalue weighted by Crippen LogP contribution is 2.37. The molecule has 7 nitrogen and oxygen atoms in total. The van der Waals surface area contributed by atoms with Crippen molar-refractivity contribution in [2.45, 2.75) is 46.4 Å². The van der Waals surface area contributed by atoms with Crippen LogP contribution >= 0.6 is 46.1 Å². The van der Waals surface area contributed by atoms with Crippen molar-refractivity contribution < 1.29 is 19.0 Å². The lowest BCUT2D eigenvalue weighted by Crippen LogP contribution is -2.40. The van der Waals surface area contributed by atoms with Gasteiger partial charge in [-0.25, -0.2) is 9.79 Å². The molecule has 44 heavy (non-hydrogen) atoms. The summed E-state index contributed by atoms with van der Waals surface area (Å²) in [5.41, 5.74) is 2.57. The van der Waals surface area contributed by atoms with E-state index in [-0.39, 0.29) is 30.5 Å². The molecule has 5 rings (SSSR count). The second-order valence-electron chi connectivity index (χ2n) is 10.2. The molecule has 0 saturated heterocycles. The second kappa shape index (κ2) is 13.6. The second-order valence-corrected chi connectivity index (χ2v) is 12.5. The summed E-state index contributed by atoms with van der Waals surface area (Å²) in [6, 6.07) is 17.2. The summed E-state index contributed by atoms with van der Waals surface area (Å²) in [5.74, 6) is 0.352. The summed E-state index contributed by atoms with van der Waals surface area (Å²) < 4.78 is 19.3. The van der Waals surface area contributed by atoms with E-state index in [9.17, 15) is 9.59 Å². The number of rotatable bonds is 9. The van der Waals surface area contributed by atoms with E-state index in [1.807, 2.05) is 50.2 Å². The average Bonchev–Trinajstić information content (AvgIpc) is 3.26. The quantitative estimate of drug-likeness (QED) is 0.177. The van der Waals surface area contributed by atoms with E-state index < -0.39 is 12.0 Å². The maximum Gasteiger partial charge on any atom is 0.338 e. The van der Waals surface area contributed by atoms with Gasteiger partial charge in [-0.1, -0.05) is 76.5 Å². The predicted octanol–water partition coefficient (Wildman–Crippen LogP) is 7.12. The topological polar surface area (TPSA) is 79.1 Å². The van der Waals surface area contributed by atoms with E-state index in [4.69, 9.17) is 49.0 Å². The Hall–Kier alpha value is -3.56. The average molecular weight is 672 g/mol. The van der Waals surface area contributed by atoms with E-state index in [0.717, 1.165) is 5.56 Å². The van der Waals surface area contributed by atoms with E-state index in [2.05, 4.69) is 4.99 Å². The highest BCUT2D eigenvalue weighted by atomic mass is 35.5. The van der Waals surface area contributed by atoms with Gasteiger partial charge in [0.05, 0.1) is 38.6 Å². The maximum atomic E-state index is 14.1. The van der Waals surface area contributed by atoms with E-state index in [1.54, 1.807) is 44.2 Å². The number of hydrogen-bond acceptors (Lipinski definition) is 7. The number of carbonyl (C=O) groups excluding carboxylic acids is 1. The Labute approximate surface area is 273 Å². The first-order valence-corrected chi connectivity index (χ1v) is 15.8. The number of benzene rings is 3. The Kier molecular flexibility index (Phi) is 9.85. The molecule has 4 aromatic rings. The summed E-state index contributed by atoms with van der Waals surface area (Å²) >= 11 is 20.3. The van der Waals surface area contributed by atoms with Crippen molar-refractivity contribution in [2.75, 3.05) is 6.61 Å². The third kappa shape index (κ3) is 6.74. The van der Waals surface area contributed by atoms with Crippen molar-refractivity contribution >= 4 is 58.2 Å². The third-order valence-electron chi connectivity index (χ3n) is 6.71. The number of carbonyl (C=O) groups is 1. The molecule has 0 fully saturated rings. The number of aromatic nitrogens is 1. The Morgan fingerprint density at radius 2 is 1.75 bits per heavy atom. The number of hydrogen-bond donors (Lipinski definition) is 0. The van der Waals surface area contributed by atoms with Crippen LogP contribution < -0.4 is 24.4 Å². The van der Waals surface area contributed by atoms with Crippen LogP contribution in [-0.4, -0.2) is 23.2 Å². The number of ether oxygens (including phenoxy) is 3. The highest BCUT2D eigenvalue weighted by Gasteiger charge is 2.35. The molecule has 0 amide bonds. The van der Waals surface area contributed by atoms with Crippen molar-refractivity contribution in [3.63, 3.8) is 0 Å². The number of halogens is 3. The molecule has 1 aliphatic heterocycles. The van der Waals surface area contributed by atoms with Crippen molar-refractivity contribution in [1.82, 2.24) is 4.57 Å². The van der Waals surface area contributed by atoms with Gasteiger partial charge in [-0.05, 0) is 75.2 Å². The van der Waals surface area contributed by atoms with Crippen molar-refractivity contribution in [2.24, 2.45) is 4.99 Å². The van der Waals surface area contributed by atoms with Crippen molar-refractivity contribution in [3.8, 4) is 11.5 Å². The van der Waals surface area contributed by atoms with E-state index >= 15 is 0 Å². The normalized spacial score (nSPS) is 14.8. The number of fused-ring (bicyclic) bond motifs is 1. The van der Waals surface area contributed by atoms with Gasteiger partial charge in [-0.2, -0.15) is 0 Å². The fourth-order valence-corrected chi connectivity index (χ4v) is 6.63. The van der Waals surface area contributed by atoms with E-state index in [0.29, 0.717) is 52.7 Å². The first kappa shape index (κ1) is 31.9. The van der Waals surface area contributed by atoms with Gasteiger partial charge in [0, 0.05) is 10.6 Å². The minimum atomic E-state index is -0.807. The van der Waals surface area contributed by atoms with Crippen LogP contribution in [-0.2, 0) is 16.1 Å². The van der Waals surface area contributed by atoms with Crippen LogP contribution in [0.25, 0.3) is 6.08 Å². The molecule has 0 spiro atoms. The number of nitrogens with zero attached hydrogens (tertiary/aromatic N) is 2. The van der Waals surface area contributed by atoms with Crippen LogP contribution in [0.4, 0.5) is 0 Å². The van der Waals surface area contributed by atoms with Gasteiger partial charge >= 0.3 is 5.97 Å². The minimum Gasteiger partial charge on any atom is -0.491 e. The molecule has 0 bridgehead atoms. The molecule has 2 heterocycles. The van der Waals surface area contributed by atoms with Gasteiger partial charge in [-0.3, -0.25) is 9.36 Å². The van der Waals surface area contributed by atoms with Crippen LogP contribution in [0.2, 0.25) is 15.1 Å². The van der Waals surface area contributed by atoms with Gasteiger partial charge < -0.3 is 14.2 Å². The Morgan fingerprint density at radius 3 is 2.41 bits per heavy atom. The molecule has 0 aliphatic carbocycles. The predicted molar refractivity (Wildman–Crippen MR) is 175 cm³/mol. The SMILES string of the molecule is CCOC(=O)C1=C(C)N=c2s/c(=C/c3cc(Cl)c(OCc4ccc(Cl)cc4)c(Cl)c3)c(=O)n2[C@@H]1c1ccccc1OC(C)C. The Morgan fingerprint density at radius 1 is 1.07 bits per heavy atom. The Bertz CT molecular complexity index is 1910. The summed E-state index contributed by atoms with van der Waals surface area (Å²) in [7, 11) is 0. The number of allylic oxidation sites excluding steroid dienone is 1. The molecule has 11 heteroatoms. The summed E-state index contributed by atoms with van der Waals surface area (Å²) in [6.07, 6.45) is 1.57. The van der Waals surface area contributed by atoms with Gasteiger partial charge in [0.25, 0.3) is 5.56 Å². The molecule has 228 valence electrons. The zero-order valence-electron chi connectivity index (χ0n) is 24.4. The molecular weight excluding hydrogens is 643 g/mol. The van der Waals surface area contributed by atoms with Gasteiger partial charge in [0.15, 0.2) is 10.6 Å². The van der Waals surface area contributed by atoms with Crippen molar-refractivity contribution in [1.29, 1.82) is 0 Å². The first-order valence-electron chi connectivity index (χ1n) is 13.9. The number of thiazole rings is 1. The van der Waals surface area contributed by atoms with Gasteiger partial charge in [-0.15, -0.1) is 0 Å². The lowest BCUT2D eigenvalue weighted by molar-refractivity contribution is -0.139. The van der Waals surface area contributed by atoms with Crippen LogP contribution in [0, 0.1) is 0 Å². The fourth-order valence-electron chi connectivity index (χ4n) is 4.84. The fraction of sp³-hybridized carbons (Fsp3) is 0.242. The van der Waals surface area contributed by atoms with Crippen LogP contribution in [0.3, 0.4) is 0 Å². The van der Waals surface area contributed by atoms with Crippen LogP contribution in [0.1, 0.15) is 50.4 Å². The molecule has 1 aliphatic rings. The van der Waals surface area contributed by atoms with Crippen molar-refractivity contribution in [3.05, 3.63) is 123 Å². The molecule has 1 atom stereocenters. The third-order valence-corrected chi connectivity index (χ3v) is 8.50. The lowest BCUT2D eigenvalue weighted by atomic mass is 9.95. The number of esters is 1. The largest absolute Gasteiger partial charge is 0.491 e. The molecule has 0 saturated carbocycles. The molecule has 0 N–H and O–H groups in total. The zero-order valence-corrected chi connectivity index (χ0v) is 27.5. The van der Waals surface area contributed by atoms with E-state index in [1.165, 1.54) is 15.9 Å². The summed E-state index contributed by atoms with van der Waals surface area (Å²) in [5, 5.41) is 1.22. The smallest absolute Gasteiger partial charge is 0.338 e. The first-order chi connectivity index (χ1) is 21.1. The standard InChI is InChI=1S/C33H29Cl3N2O5S/c1-5-41-32(40)28-19(4)37-33-38(29(28)23-8-6-7-9-26(23)43-18(2)3)31(39)27(44-33)16-21-14-24(35)30(25(36)15-21)42-17-20-10-12-22(34)13-11-20/h6-16,18,29H,5,17H2,1-4H3/b27-16+/t29-/m1/s1. The van der Waals surface area contributed by atoms with Crippen LogP contribution in [0.15, 0.2) is 81.7 Å². The highest BCUT2D eigenvalue weighted by molar-refractivity contribution is 7.07. The molecular formula is C33H29Cl3N2O5S. The molecule has 0 unspecified atom stereocenters. The summed E-state index contributed by atoms with van der Waals surface area (Å²) in [6.45, 7) is 7.74. The lowest BCUT2D eigenvalue weighted by Gasteiger charge is -2.26. The molecule has 1 aromatic heterocycles. The molecule has 3 aromatic carbocycles. The van der Waals surface area contributed by atoms with Crippen LogP contribution in [0.5, 0.6) is 11.5 Å². The Balaban J connectivity index is 1.58.